The van der Waals surface area contributed by atoms with Crippen molar-refractivity contribution in [3.63, 3.8) is 0 Å². The summed E-state index contributed by atoms with van der Waals surface area (Å²) in [7, 11) is 4.00. The third-order valence-corrected chi connectivity index (χ3v) is 5.48. The monoisotopic (exact) mass is 435 g/mol. The van der Waals surface area contributed by atoms with Crippen molar-refractivity contribution in [2.45, 2.75) is 32.9 Å². The van der Waals surface area contributed by atoms with Gasteiger partial charge in [-0.1, -0.05) is 42.5 Å². The number of hydrogen-bond donors (Lipinski definition) is 1. The van der Waals surface area contributed by atoms with Gasteiger partial charge in [0.25, 0.3) is 5.91 Å². The number of likely N-dealkylation sites (N-methyl/N-ethyl adjacent to an activating group) is 1. The number of amides is 1. The Morgan fingerprint density at radius 3 is 2.34 bits per heavy atom. The van der Waals surface area contributed by atoms with Crippen molar-refractivity contribution in [1.29, 1.82) is 0 Å². The zero-order chi connectivity index (χ0) is 23.1. The predicted octanol–water partition coefficient (Wildman–Crippen LogP) is 3.57. The summed E-state index contributed by atoms with van der Waals surface area (Å²) in [4.78, 5) is 28.1. The zero-order valence-corrected chi connectivity index (χ0v) is 18.9. The van der Waals surface area contributed by atoms with Gasteiger partial charge in [0.15, 0.2) is 5.43 Å². The topological polar surface area (TPSA) is 54.3 Å². The standard InChI is InChI=1S/C26H30FN3O2/c1-19-17-24(31)25(26(32)28-18-21-9-12-22(27)13-10-21)23(30(19)16-15-29(2)3)14-11-20-7-5-4-6-8-20/h4-10,12-13,17H,11,14-16,18H2,1-3H3,(H,28,32). The second-order valence-electron chi connectivity index (χ2n) is 8.22. The first-order valence-electron chi connectivity index (χ1n) is 10.8. The first kappa shape index (κ1) is 23.4. The van der Waals surface area contributed by atoms with Crippen molar-refractivity contribution < 1.29 is 9.18 Å². The van der Waals surface area contributed by atoms with Gasteiger partial charge in [-0.05, 0) is 57.1 Å². The minimum absolute atomic E-state index is 0.187. The largest absolute Gasteiger partial charge is 0.348 e. The number of benzene rings is 2. The van der Waals surface area contributed by atoms with Crippen molar-refractivity contribution in [2.24, 2.45) is 0 Å². The molecule has 0 saturated carbocycles. The zero-order valence-electron chi connectivity index (χ0n) is 18.9. The highest BCUT2D eigenvalue weighted by Gasteiger charge is 2.20. The van der Waals surface area contributed by atoms with Crippen LogP contribution in [-0.2, 0) is 25.9 Å². The van der Waals surface area contributed by atoms with Crippen LogP contribution in [0.3, 0.4) is 0 Å². The van der Waals surface area contributed by atoms with E-state index in [1.54, 1.807) is 12.1 Å². The van der Waals surface area contributed by atoms with Crippen LogP contribution in [0.1, 0.15) is 32.9 Å². The van der Waals surface area contributed by atoms with Crippen LogP contribution in [0.15, 0.2) is 65.5 Å². The smallest absolute Gasteiger partial charge is 0.257 e. The molecule has 0 aliphatic rings. The van der Waals surface area contributed by atoms with E-state index in [9.17, 15) is 14.0 Å². The molecule has 0 aliphatic heterocycles. The van der Waals surface area contributed by atoms with Crippen LogP contribution in [0, 0.1) is 12.7 Å². The quantitative estimate of drug-likeness (QED) is 0.559. The molecule has 0 atom stereocenters. The number of carbonyl (C=O) groups excluding carboxylic acids is 1. The van der Waals surface area contributed by atoms with E-state index in [0.717, 1.165) is 35.5 Å². The van der Waals surface area contributed by atoms with Crippen molar-refractivity contribution >= 4 is 5.91 Å². The molecular weight excluding hydrogens is 405 g/mol. The second-order valence-corrected chi connectivity index (χ2v) is 8.22. The molecule has 5 nitrogen and oxygen atoms in total. The van der Waals surface area contributed by atoms with Gasteiger partial charge in [0, 0.05) is 37.1 Å². The van der Waals surface area contributed by atoms with E-state index in [-0.39, 0.29) is 23.4 Å². The molecular formula is C26H30FN3O2. The number of nitrogens with zero attached hydrogens (tertiary/aromatic N) is 2. The van der Waals surface area contributed by atoms with Crippen LogP contribution in [0.2, 0.25) is 0 Å². The van der Waals surface area contributed by atoms with Crippen molar-refractivity contribution in [3.05, 3.63) is 105 Å². The lowest BCUT2D eigenvalue weighted by molar-refractivity contribution is 0.0947. The maximum absolute atomic E-state index is 13.2. The molecule has 0 bridgehead atoms. The number of carbonyl (C=O) groups is 1. The molecule has 0 aliphatic carbocycles. The normalized spacial score (nSPS) is 11.0. The van der Waals surface area contributed by atoms with Gasteiger partial charge < -0.3 is 14.8 Å². The van der Waals surface area contributed by atoms with Gasteiger partial charge >= 0.3 is 0 Å². The van der Waals surface area contributed by atoms with E-state index in [0.29, 0.717) is 13.0 Å². The summed E-state index contributed by atoms with van der Waals surface area (Å²) in [6.07, 6.45) is 1.30. The van der Waals surface area contributed by atoms with Crippen LogP contribution in [0.25, 0.3) is 0 Å². The Morgan fingerprint density at radius 1 is 1.00 bits per heavy atom. The number of hydrogen-bond acceptors (Lipinski definition) is 3. The number of pyridine rings is 1. The third kappa shape index (κ3) is 6.14. The second kappa shape index (κ2) is 10.9. The minimum atomic E-state index is -0.402. The predicted molar refractivity (Wildman–Crippen MR) is 125 cm³/mol. The Morgan fingerprint density at radius 2 is 1.69 bits per heavy atom. The highest BCUT2D eigenvalue weighted by molar-refractivity contribution is 5.95. The molecule has 1 N–H and O–H groups in total. The van der Waals surface area contributed by atoms with E-state index >= 15 is 0 Å². The molecule has 1 aromatic heterocycles. The molecule has 3 aromatic rings. The van der Waals surface area contributed by atoms with Crippen molar-refractivity contribution in [1.82, 2.24) is 14.8 Å². The maximum Gasteiger partial charge on any atom is 0.257 e. The number of aromatic nitrogens is 1. The van der Waals surface area contributed by atoms with Crippen LogP contribution < -0.4 is 10.7 Å². The Kier molecular flexibility index (Phi) is 7.95. The van der Waals surface area contributed by atoms with Crippen LogP contribution in [0.5, 0.6) is 0 Å². The molecule has 0 radical (unpaired) electrons. The van der Waals surface area contributed by atoms with Crippen LogP contribution in [0.4, 0.5) is 4.39 Å². The minimum Gasteiger partial charge on any atom is -0.348 e. The summed E-state index contributed by atoms with van der Waals surface area (Å²) in [5.74, 6) is -0.730. The van der Waals surface area contributed by atoms with E-state index in [4.69, 9.17) is 0 Å². The van der Waals surface area contributed by atoms with Gasteiger partial charge in [-0.15, -0.1) is 0 Å². The summed E-state index contributed by atoms with van der Waals surface area (Å²) in [6.45, 7) is 3.60. The molecule has 1 amide bonds. The fourth-order valence-corrected chi connectivity index (χ4v) is 3.72. The first-order chi connectivity index (χ1) is 15.3. The molecule has 32 heavy (non-hydrogen) atoms. The maximum atomic E-state index is 13.2. The summed E-state index contributed by atoms with van der Waals surface area (Å²) in [5, 5.41) is 2.84. The number of nitrogens with one attached hydrogen (secondary N) is 1. The lowest BCUT2D eigenvalue weighted by Crippen LogP contribution is -2.33. The van der Waals surface area contributed by atoms with E-state index in [2.05, 4.69) is 14.8 Å². The SMILES string of the molecule is Cc1cc(=O)c(C(=O)NCc2ccc(F)cc2)c(CCc2ccccc2)n1CCN(C)C. The van der Waals surface area contributed by atoms with Gasteiger partial charge in [0.1, 0.15) is 11.4 Å². The van der Waals surface area contributed by atoms with Crippen molar-refractivity contribution in [2.75, 3.05) is 20.6 Å². The van der Waals surface area contributed by atoms with Gasteiger partial charge in [-0.3, -0.25) is 9.59 Å². The Balaban J connectivity index is 1.92. The molecule has 0 spiro atoms. The first-order valence-corrected chi connectivity index (χ1v) is 10.8. The lowest BCUT2D eigenvalue weighted by atomic mass is 10.0. The number of aryl methyl sites for hydroxylation is 2. The fraction of sp³-hybridized carbons (Fsp3) is 0.308. The summed E-state index contributed by atoms with van der Waals surface area (Å²) in [6, 6.07) is 17.5. The molecule has 168 valence electrons. The van der Waals surface area contributed by atoms with Crippen LogP contribution in [-0.4, -0.2) is 36.0 Å². The molecule has 2 aromatic carbocycles. The molecule has 0 saturated heterocycles. The Bertz CT molecular complexity index is 1110. The van der Waals surface area contributed by atoms with E-state index < -0.39 is 5.91 Å². The van der Waals surface area contributed by atoms with E-state index in [1.165, 1.54) is 18.2 Å². The Hall–Kier alpha value is -3.25. The average Bonchev–Trinajstić information content (AvgIpc) is 2.77. The fourth-order valence-electron chi connectivity index (χ4n) is 3.72. The van der Waals surface area contributed by atoms with Gasteiger partial charge in [0.05, 0.1) is 0 Å². The summed E-state index contributed by atoms with van der Waals surface area (Å²) in [5.41, 5.74) is 3.42. The number of halogens is 1. The van der Waals surface area contributed by atoms with Gasteiger partial charge in [-0.2, -0.15) is 0 Å². The lowest BCUT2D eigenvalue weighted by Gasteiger charge is -2.22. The average molecular weight is 436 g/mol. The van der Waals surface area contributed by atoms with Crippen molar-refractivity contribution in [3.8, 4) is 0 Å². The van der Waals surface area contributed by atoms with Gasteiger partial charge in [0.2, 0.25) is 0 Å². The summed E-state index contributed by atoms with van der Waals surface area (Å²) < 4.78 is 15.2. The highest BCUT2D eigenvalue weighted by Crippen LogP contribution is 2.14. The highest BCUT2D eigenvalue weighted by atomic mass is 19.1. The molecule has 6 heteroatoms. The summed E-state index contributed by atoms with van der Waals surface area (Å²) >= 11 is 0. The van der Waals surface area contributed by atoms with Crippen LogP contribution >= 0.6 is 0 Å². The Labute approximate surface area is 188 Å². The number of rotatable bonds is 9. The van der Waals surface area contributed by atoms with Gasteiger partial charge in [-0.25, -0.2) is 4.39 Å². The molecule has 0 fully saturated rings. The molecule has 1 heterocycles. The molecule has 3 rings (SSSR count). The third-order valence-electron chi connectivity index (χ3n) is 5.48. The van der Waals surface area contributed by atoms with E-state index in [1.807, 2.05) is 51.4 Å². The molecule has 0 unspecified atom stereocenters.